The number of ether oxygens (including phenoxy) is 1. The van der Waals surface area contributed by atoms with Crippen LogP contribution < -0.4 is 5.32 Å². The van der Waals surface area contributed by atoms with E-state index in [1.165, 1.54) is 21.5 Å². The maximum absolute atomic E-state index is 12.9. The summed E-state index contributed by atoms with van der Waals surface area (Å²) >= 11 is 1.14. The molecule has 1 aromatic heterocycles. The topological polar surface area (TPSA) is 75.7 Å². The second-order valence-corrected chi connectivity index (χ2v) is 9.24. The van der Waals surface area contributed by atoms with E-state index in [-0.39, 0.29) is 15.7 Å². The lowest BCUT2D eigenvalue weighted by atomic mass is 10.1. The molecule has 1 fully saturated rings. The van der Waals surface area contributed by atoms with E-state index in [4.69, 9.17) is 4.74 Å². The van der Waals surface area contributed by atoms with Gasteiger partial charge in [-0.25, -0.2) is 8.42 Å². The molecule has 4 rings (SSSR count). The molecule has 1 saturated heterocycles. The molecule has 2 heterocycles. The molecule has 1 amide bonds. The Morgan fingerprint density at radius 3 is 2.69 bits per heavy atom. The van der Waals surface area contributed by atoms with Crippen LogP contribution in [0.5, 0.6) is 0 Å². The first-order valence-corrected chi connectivity index (χ1v) is 11.0. The first-order valence-electron chi connectivity index (χ1n) is 8.64. The molecule has 1 aliphatic heterocycles. The van der Waals surface area contributed by atoms with Crippen LogP contribution in [0.1, 0.15) is 27.2 Å². The molecule has 0 bridgehead atoms. The summed E-state index contributed by atoms with van der Waals surface area (Å²) in [6.07, 6.45) is 3.24. The molecule has 0 atom stereocenters. The van der Waals surface area contributed by atoms with Crippen molar-refractivity contribution in [1.29, 1.82) is 0 Å². The third kappa shape index (κ3) is 3.29. The van der Waals surface area contributed by atoms with Gasteiger partial charge in [-0.2, -0.15) is 4.31 Å². The lowest BCUT2D eigenvalue weighted by molar-refractivity contribution is 0.0730. The van der Waals surface area contributed by atoms with Gasteiger partial charge in [0.15, 0.2) is 0 Å². The Hall–Kier alpha value is -1.74. The third-order valence-corrected chi connectivity index (χ3v) is 7.76. The molecule has 1 aromatic carbocycles. The third-order valence-electron chi connectivity index (χ3n) is 4.78. The van der Waals surface area contributed by atoms with Crippen molar-refractivity contribution in [3.05, 3.63) is 45.6 Å². The molecule has 1 aliphatic carbocycles. The number of carbonyl (C=O) groups excluding carboxylic acids is 1. The van der Waals surface area contributed by atoms with Gasteiger partial charge >= 0.3 is 0 Å². The highest BCUT2D eigenvalue weighted by Crippen LogP contribution is 2.28. The fourth-order valence-corrected chi connectivity index (χ4v) is 6.13. The number of carbonyl (C=O) groups is 1. The molecule has 2 aromatic rings. The van der Waals surface area contributed by atoms with Crippen LogP contribution in [-0.2, 0) is 27.6 Å². The van der Waals surface area contributed by atoms with E-state index < -0.39 is 10.0 Å². The number of thiophene rings is 1. The zero-order chi connectivity index (χ0) is 18.1. The Morgan fingerprint density at radius 1 is 1.12 bits per heavy atom. The average Bonchev–Trinajstić information content (AvgIpc) is 3.31. The van der Waals surface area contributed by atoms with Crippen LogP contribution in [0.25, 0.3) is 0 Å². The monoisotopic (exact) mass is 392 g/mol. The molecule has 0 saturated carbocycles. The molecule has 1 N–H and O–H groups in total. The van der Waals surface area contributed by atoms with E-state index in [1.807, 2.05) is 18.2 Å². The molecule has 0 radical (unpaired) electrons. The van der Waals surface area contributed by atoms with Crippen molar-refractivity contribution >= 4 is 33.0 Å². The quantitative estimate of drug-likeness (QED) is 0.867. The Balaban J connectivity index is 1.57. The number of nitrogens with one attached hydrogen (secondary N) is 1. The van der Waals surface area contributed by atoms with Crippen molar-refractivity contribution in [2.45, 2.75) is 24.2 Å². The zero-order valence-electron chi connectivity index (χ0n) is 14.2. The molecule has 26 heavy (non-hydrogen) atoms. The Labute approximate surface area is 156 Å². The van der Waals surface area contributed by atoms with Crippen molar-refractivity contribution in [3.63, 3.8) is 0 Å². The van der Waals surface area contributed by atoms with Crippen LogP contribution in [0.15, 0.2) is 34.5 Å². The summed E-state index contributed by atoms with van der Waals surface area (Å²) in [6.45, 7) is 1.37. The molecule has 2 aliphatic rings. The highest BCUT2D eigenvalue weighted by Gasteiger charge is 2.31. The standard InChI is InChI=1S/C18H20N2O4S2/c21-18(19-15-5-4-13-2-1-3-14(13)12-15)17-16(6-11-25-17)26(22,23)20-7-9-24-10-8-20/h4-6,11-12H,1-3,7-10H2,(H,19,21). The number of aryl methyl sites for hydroxylation is 2. The van der Waals surface area contributed by atoms with Crippen LogP contribution in [0, 0.1) is 0 Å². The summed E-state index contributed by atoms with van der Waals surface area (Å²) in [5.41, 5.74) is 3.30. The molecular weight excluding hydrogens is 372 g/mol. The van der Waals surface area contributed by atoms with Gasteiger partial charge in [0.1, 0.15) is 9.77 Å². The second kappa shape index (κ2) is 7.11. The molecular formula is C18H20N2O4S2. The maximum Gasteiger partial charge on any atom is 0.267 e. The number of sulfonamides is 1. The fourth-order valence-electron chi connectivity index (χ4n) is 3.43. The predicted molar refractivity (Wildman–Crippen MR) is 100 cm³/mol. The van der Waals surface area contributed by atoms with E-state index in [0.29, 0.717) is 32.0 Å². The first kappa shape index (κ1) is 17.7. The van der Waals surface area contributed by atoms with Gasteiger partial charge in [-0.15, -0.1) is 11.3 Å². The highest BCUT2D eigenvalue weighted by atomic mass is 32.2. The molecule has 6 nitrogen and oxygen atoms in total. The van der Waals surface area contributed by atoms with E-state index in [1.54, 1.807) is 5.38 Å². The van der Waals surface area contributed by atoms with Gasteiger partial charge in [-0.05, 0) is 54.0 Å². The number of anilines is 1. The fraction of sp³-hybridized carbons (Fsp3) is 0.389. The number of amides is 1. The minimum atomic E-state index is -3.69. The van der Waals surface area contributed by atoms with Crippen molar-refractivity contribution in [3.8, 4) is 0 Å². The number of nitrogens with zero attached hydrogens (tertiary/aromatic N) is 1. The minimum absolute atomic E-state index is 0.0723. The number of hydrogen-bond donors (Lipinski definition) is 1. The smallest absolute Gasteiger partial charge is 0.267 e. The summed E-state index contributed by atoms with van der Waals surface area (Å²) in [7, 11) is -3.69. The number of morpholine rings is 1. The minimum Gasteiger partial charge on any atom is -0.379 e. The number of fused-ring (bicyclic) bond motifs is 1. The van der Waals surface area contributed by atoms with Crippen LogP contribution in [0.4, 0.5) is 5.69 Å². The summed E-state index contributed by atoms with van der Waals surface area (Å²) < 4.78 is 32.4. The van der Waals surface area contributed by atoms with Gasteiger partial charge in [0.05, 0.1) is 13.2 Å². The summed E-state index contributed by atoms with van der Waals surface area (Å²) in [6, 6.07) is 7.42. The molecule has 138 valence electrons. The Bertz CT molecular complexity index is 930. The summed E-state index contributed by atoms with van der Waals surface area (Å²) in [4.78, 5) is 13.0. The van der Waals surface area contributed by atoms with E-state index in [0.717, 1.165) is 30.6 Å². The average molecular weight is 393 g/mol. The normalized spacial score (nSPS) is 17.8. The lowest BCUT2D eigenvalue weighted by Gasteiger charge is -2.26. The van der Waals surface area contributed by atoms with E-state index in [2.05, 4.69) is 5.32 Å². The van der Waals surface area contributed by atoms with Gasteiger partial charge in [0.2, 0.25) is 10.0 Å². The van der Waals surface area contributed by atoms with Crippen molar-refractivity contribution < 1.29 is 17.9 Å². The van der Waals surface area contributed by atoms with E-state index >= 15 is 0 Å². The number of hydrogen-bond acceptors (Lipinski definition) is 5. The number of benzene rings is 1. The van der Waals surface area contributed by atoms with Crippen LogP contribution in [-0.4, -0.2) is 44.9 Å². The Morgan fingerprint density at radius 2 is 1.88 bits per heavy atom. The predicted octanol–water partition coefficient (Wildman–Crippen LogP) is 2.51. The zero-order valence-corrected chi connectivity index (χ0v) is 15.9. The van der Waals surface area contributed by atoms with E-state index in [9.17, 15) is 13.2 Å². The molecule has 0 unspecified atom stereocenters. The van der Waals surface area contributed by atoms with Crippen molar-refractivity contribution in [2.75, 3.05) is 31.6 Å². The number of rotatable bonds is 4. The largest absolute Gasteiger partial charge is 0.379 e. The summed E-state index contributed by atoms with van der Waals surface area (Å²) in [5.74, 6) is -0.384. The second-order valence-electron chi connectivity index (χ2n) is 6.42. The van der Waals surface area contributed by atoms with Crippen LogP contribution in [0.2, 0.25) is 0 Å². The van der Waals surface area contributed by atoms with Gasteiger partial charge in [-0.3, -0.25) is 4.79 Å². The maximum atomic E-state index is 12.9. The van der Waals surface area contributed by atoms with Crippen molar-refractivity contribution in [2.24, 2.45) is 0 Å². The Kier molecular flexibility index (Phi) is 4.83. The SMILES string of the molecule is O=C(Nc1ccc2c(c1)CCC2)c1sccc1S(=O)(=O)N1CCOCC1. The summed E-state index contributed by atoms with van der Waals surface area (Å²) in [5, 5.41) is 4.50. The van der Waals surface area contributed by atoms with Gasteiger partial charge in [0, 0.05) is 18.8 Å². The van der Waals surface area contributed by atoms with Gasteiger partial charge < -0.3 is 10.1 Å². The van der Waals surface area contributed by atoms with Gasteiger partial charge in [0.25, 0.3) is 5.91 Å². The lowest BCUT2D eigenvalue weighted by Crippen LogP contribution is -2.41. The van der Waals surface area contributed by atoms with Crippen LogP contribution >= 0.6 is 11.3 Å². The first-order chi connectivity index (χ1) is 12.6. The molecule has 0 spiro atoms. The van der Waals surface area contributed by atoms with Crippen molar-refractivity contribution in [1.82, 2.24) is 4.31 Å². The van der Waals surface area contributed by atoms with Gasteiger partial charge in [-0.1, -0.05) is 6.07 Å². The molecule has 8 heteroatoms. The highest BCUT2D eigenvalue weighted by molar-refractivity contribution is 7.89. The van der Waals surface area contributed by atoms with Crippen LogP contribution in [0.3, 0.4) is 0 Å².